The first-order valence-corrected chi connectivity index (χ1v) is 8.65. The van der Waals surface area contributed by atoms with E-state index in [0.29, 0.717) is 17.1 Å². The molecule has 0 bridgehead atoms. The summed E-state index contributed by atoms with van der Waals surface area (Å²) in [5, 5.41) is 3.79. The van der Waals surface area contributed by atoms with Gasteiger partial charge in [0.05, 0.1) is 12.8 Å². The average molecular weight is 351 g/mol. The molecule has 0 aliphatic heterocycles. The molecule has 0 spiro atoms. The van der Waals surface area contributed by atoms with Gasteiger partial charge in [-0.05, 0) is 31.2 Å². The van der Waals surface area contributed by atoms with Crippen molar-refractivity contribution in [3.8, 4) is 5.75 Å². The average Bonchev–Trinajstić information content (AvgIpc) is 2.93. The van der Waals surface area contributed by atoms with E-state index in [0.717, 1.165) is 0 Å². The van der Waals surface area contributed by atoms with Crippen LogP contribution in [-0.2, 0) is 10.0 Å². The van der Waals surface area contributed by atoms with Gasteiger partial charge in [-0.2, -0.15) is 0 Å². The minimum absolute atomic E-state index is 0.0546. The van der Waals surface area contributed by atoms with Crippen LogP contribution in [0.4, 0.5) is 5.69 Å². The van der Waals surface area contributed by atoms with Gasteiger partial charge in [0.15, 0.2) is 10.7 Å². The van der Waals surface area contributed by atoms with Crippen molar-refractivity contribution < 1.29 is 17.7 Å². The van der Waals surface area contributed by atoms with Crippen LogP contribution in [0.1, 0.15) is 11.5 Å². The molecule has 0 N–H and O–H groups in total. The fourth-order valence-corrected chi connectivity index (χ4v) is 3.53. The van der Waals surface area contributed by atoms with Crippen molar-refractivity contribution in [2.45, 2.75) is 11.8 Å². The standard InChI is InChI=1S/C16H21N3O4S/c1-12-16(15(23-17-12)10-11-18(2)3)24(20,21)19(4)13-6-8-14(22-5)9-7-13/h6-11H,1-5H3/b11-10+. The molecule has 0 saturated heterocycles. The van der Waals surface area contributed by atoms with E-state index in [9.17, 15) is 8.42 Å². The molecule has 0 aliphatic carbocycles. The molecule has 8 heteroatoms. The van der Waals surface area contributed by atoms with Gasteiger partial charge in [-0.25, -0.2) is 8.42 Å². The Morgan fingerprint density at radius 2 is 1.79 bits per heavy atom. The number of aryl methyl sites for hydroxylation is 1. The molecule has 7 nitrogen and oxygen atoms in total. The number of rotatable bonds is 6. The van der Waals surface area contributed by atoms with Gasteiger partial charge in [-0.3, -0.25) is 4.31 Å². The summed E-state index contributed by atoms with van der Waals surface area (Å²) in [6.07, 6.45) is 3.28. The third-order valence-electron chi connectivity index (χ3n) is 3.41. The summed E-state index contributed by atoms with van der Waals surface area (Å²) < 4.78 is 37.4. The Labute approximate surface area is 142 Å². The van der Waals surface area contributed by atoms with Crippen LogP contribution in [0.25, 0.3) is 6.08 Å². The molecule has 1 aromatic heterocycles. The molecule has 0 unspecified atom stereocenters. The summed E-state index contributed by atoms with van der Waals surface area (Å²) in [5.74, 6) is 0.849. The third-order valence-corrected chi connectivity index (χ3v) is 5.36. The summed E-state index contributed by atoms with van der Waals surface area (Å²) in [7, 11) is 2.89. The van der Waals surface area contributed by atoms with Crippen molar-refractivity contribution in [1.82, 2.24) is 10.1 Å². The Balaban J connectivity index is 2.44. The van der Waals surface area contributed by atoms with Crippen molar-refractivity contribution in [3.05, 3.63) is 41.9 Å². The second-order valence-corrected chi connectivity index (χ2v) is 7.32. The first-order valence-electron chi connectivity index (χ1n) is 7.21. The highest BCUT2D eigenvalue weighted by Crippen LogP contribution is 2.28. The number of hydrogen-bond acceptors (Lipinski definition) is 6. The molecular weight excluding hydrogens is 330 g/mol. The molecule has 0 radical (unpaired) electrons. The van der Waals surface area contributed by atoms with Crippen molar-refractivity contribution in [2.75, 3.05) is 32.6 Å². The summed E-state index contributed by atoms with van der Waals surface area (Å²) in [4.78, 5) is 1.83. The zero-order valence-corrected chi connectivity index (χ0v) is 15.2. The molecule has 2 aromatic rings. The zero-order chi connectivity index (χ0) is 17.9. The molecule has 0 fully saturated rings. The van der Waals surface area contributed by atoms with Gasteiger partial charge in [0.25, 0.3) is 10.0 Å². The van der Waals surface area contributed by atoms with E-state index in [-0.39, 0.29) is 10.7 Å². The van der Waals surface area contributed by atoms with Gasteiger partial charge in [0.2, 0.25) is 0 Å². The number of benzene rings is 1. The molecule has 130 valence electrons. The molecular formula is C16H21N3O4S. The van der Waals surface area contributed by atoms with E-state index >= 15 is 0 Å². The lowest BCUT2D eigenvalue weighted by molar-refractivity contribution is 0.405. The minimum atomic E-state index is -3.81. The lowest BCUT2D eigenvalue weighted by Crippen LogP contribution is -2.27. The Morgan fingerprint density at radius 3 is 2.33 bits per heavy atom. The molecule has 1 aromatic carbocycles. The van der Waals surface area contributed by atoms with Crippen LogP contribution in [-0.4, -0.2) is 46.7 Å². The van der Waals surface area contributed by atoms with E-state index in [1.165, 1.54) is 11.4 Å². The van der Waals surface area contributed by atoms with Gasteiger partial charge < -0.3 is 14.2 Å². The molecule has 0 amide bonds. The van der Waals surface area contributed by atoms with Crippen LogP contribution in [0.2, 0.25) is 0 Å². The predicted octanol–water partition coefficient (Wildman–Crippen LogP) is 2.35. The second kappa shape index (κ2) is 6.96. The largest absolute Gasteiger partial charge is 0.497 e. The maximum Gasteiger partial charge on any atom is 0.269 e. The zero-order valence-electron chi connectivity index (χ0n) is 14.3. The summed E-state index contributed by atoms with van der Waals surface area (Å²) in [5.41, 5.74) is 0.827. The van der Waals surface area contributed by atoms with Gasteiger partial charge >= 0.3 is 0 Å². The van der Waals surface area contributed by atoms with E-state index in [4.69, 9.17) is 9.26 Å². The monoisotopic (exact) mass is 351 g/mol. The van der Waals surface area contributed by atoms with Crippen molar-refractivity contribution >= 4 is 21.8 Å². The van der Waals surface area contributed by atoms with Crippen molar-refractivity contribution in [3.63, 3.8) is 0 Å². The molecule has 1 heterocycles. The lowest BCUT2D eigenvalue weighted by Gasteiger charge is -2.19. The summed E-state index contributed by atoms with van der Waals surface area (Å²) in [6.45, 7) is 1.60. The topological polar surface area (TPSA) is 75.9 Å². The van der Waals surface area contributed by atoms with E-state index < -0.39 is 10.0 Å². The number of anilines is 1. The molecule has 2 rings (SSSR count). The van der Waals surface area contributed by atoms with Crippen molar-refractivity contribution in [2.24, 2.45) is 0 Å². The van der Waals surface area contributed by atoms with Crippen LogP contribution >= 0.6 is 0 Å². The summed E-state index contributed by atoms with van der Waals surface area (Å²) in [6, 6.07) is 6.76. The SMILES string of the molecule is COc1ccc(N(C)S(=O)(=O)c2c(C)noc2/C=C/N(C)C)cc1. The van der Waals surface area contributed by atoms with Crippen LogP contribution in [0.15, 0.2) is 39.9 Å². The molecule has 0 atom stereocenters. The highest BCUT2D eigenvalue weighted by Gasteiger charge is 2.29. The number of aromatic nitrogens is 1. The maximum atomic E-state index is 13.0. The number of sulfonamides is 1. The van der Waals surface area contributed by atoms with E-state index in [1.807, 2.05) is 14.1 Å². The number of nitrogens with zero attached hydrogens (tertiary/aromatic N) is 3. The van der Waals surface area contributed by atoms with Crippen LogP contribution < -0.4 is 9.04 Å². The Kier molecular flexibility index (Phi) is 5.18. The van der Waals surface area contributed by atoms with Gasteiger partial charge in [0, 0.05) is 33.4 Å². The second-order valence-electron chi connectivity index (χ2n) is 5.41. The maximum absolute atomic E-state index is 13.0. The quantitative estimate of drug-likeness (QED) is 0.795. The summed E-state index contributed by atoms with van der Waals surface area (Å²) >= 11 is 0. The van der Waals surface area contributed by atoms with Gasteiger partial charge in [0.1, 0.15) is 11.4 Å². The van der Waals surface area contributed by atoms with Crippen LogP contribution in [0.5, 0.6) is 5.75 Å². The Morgan fingerprint density at radius 1 is 1.17 bits per heavy atom. The van der Waals surface area contributed by atoms with Crippen molar-refractivity contribution in [1.29, 1.82) is 0 Å². The van der Waals surface area contributed by atoms with E-state index in [2.05, 4.69) is 5.16 Å². The fourth-order valence-electron chi connectivity index (χ4n) is 2.08. The van der Waals surface area contributed by atoms with Gasteiger partial charge in [-0.15, -0.1) is 0 Å². The first kappa shape index (κ1) is 17.9. The van der Waals surface area contributed by atoms with Crippen LogP contribution in [0.3, 0.4) is 0 Å². The third kappa shape index (κ3) is 3.53. The van der Waals surface area contributed by atoms with Crippen LogP contribution in [0, 0.1) is 6.92 Å². The molecule has 0 aliphatic rings. The highest BCUT2D eigenvalue weighted by atomic mass is 32.2. The smallest absolute Gasteiger partial charge is 0.269 e. The number of ether oxygens (including phenoxy) is 1. The lowest BCUT2D eigenvalue weighted by atomic mass is 10.3. The predicted molar refractivity (Wildman–Crippen MR) is 92.5 cm³/mol. The van der Waals surface area contributed by atoms with Gasteiger partial charge in [-0.1, -0.05) is 5.16 Å². The highest BCUT2D eigenvalue weighted by molar-refractivity contribution is 7.92. The normalized spacial score (nSPS) is 11.7. The molecule has 24 heavy (non-hydrogen) atoms. The minimum Gasteiger partial charge on any atom is -0.497 e. The van der Waals surface area contributed by atoms with E-state index in [1.54, 1.807) is 55.5 Å². The first-order chi connectivity index (χ1) is 11.3. The number of methoxy groups -OCH3 is 1. The fraction of sp³-hybridized carbons (Fsp3) is 0.312. The number of hydrogen-bond donors (Lipinski definition) is 0. The Bertz CT molecular complexity index is 824. The Hall–Kier alpha value is -2.48. The molecule has 0 saturated carbocycles.